The third-order valence-electron chi connectivity index (χ3n) is 5.90. The van der Waals surface area contributed by atoms with Crippen LogP contribution in [0.3, 0.4) is 0 Å². The molecule has 1 amide bonds. The Kier molecular flexibility index (Phi) is 6.49. The van der Waals surface area contributed by atoms with Crippen molar-refractivity contribution in [2.24, 2.45) is 0 Å². The zero-order chi connectivity index (χ0) is 20.9. The van der Waals surface area contributed by atoms with Gasteiger partial charge in [-0.3, -0.25) is 4.79 Å². The Labute approximate surface area is 182 Å². The summed E-state index contributed by atoms with van der Waals surface area (Å²) in [6.45, 7) is 1.04. The molecule has 0 spiro atoms. The summed E-state index contributed by atoms with van der Waals surface area (Å²) >= 11 is 6.29. The minimum absolute atomic E-state index is 0.0919. The van der Waals surface area contributed by atoms with Gasteiger partial charge in [0.15, 0.2) is 0 Å². The van der Waals surface area contributed by atoms with Gasteiger partial charge in [-0.25, -0.2) is 4.39 Å². The monoisotopic (exact) mass is 421 g/mol. The Balaban J connectivity index is 1.52. The molecule has 154 valence electrons. The van der Waals surface area contributed by atoms with E-state index in [4.69, 9.17) is 11.6 Å². The van der Waals surface area contributed by atoms with Crippen LogP contribution in [0.25, 0.3) is 0 Å². The van der Waals surface area contributed by atoms with E-state index >= 15 is 0 Å². The van der Waals surface area contributed by atoms with Crippen LogP contribution in [0.1, 0.15) is 52.2 Å². The smallest absolute Gasteiger partial charge is 0.255 e. The van der Waals surface area contributed by atoms with Gasteiger partial charge in [0.25, 0.3) is 5.91 Å². The zero-order valence-electron chi connectivity index (χ0n) is 16.9. The van der Waals surface area contributed by atoms with Crippen LogP contribution in [0.5, 0.6) is 0 Å². The first-order chi connectivity index (χ1) is 14.6. The van der Waals surface area contributed by atoms with Crippen molar-refractivity contribution in [3.8, 4) is 0 Å². The highest BCUT2D eigenvalue weighted by Crippen LogP contribution is 2.36. The van der Waals surface area contributed by atoms with E-state index in [1.807, 2.05) is 17.0 Å². The third-order valence-corrected chi connectivity index (χ3v) is 6.23. The highest BCUT2D eigenvalue weighted by molar-refractivity contribution is 6.33. The Morgan fingerprint density at radius 2 is 1.60 bits per heavy atom. The van der Waals surface area contributed by atoms with E-state index in [-0.39, 0.29) is 11.7 Å². The highest BCUT2D eigenvalue weighted by atomic mass is 35.5. The summed E-state index contributed by atoms with van der Waals surface area (Å²) in [5.41, 5.74) is 3.98. The van der Waals surface area contributed by atoms with Crippen molar-refractivity contribution < 1.29 is 9.18 Å². The van der Waals surface area contributed by atoms with Crippen molar-refractivity contribution in [1.82, 2.24) is 4.90 Å². The van der Waals surface area contributed by atoms with Gasteiger partial charge in [0, 0.05) is 13.1 Å². The third kappa shape index (κ3) is 4.91. The van der Waals surface area contributed by atoms with Crippen LogP contribution in [0.2, 0.25) is 5.02 Å². The van der Waals surface area contributed by atoms with Crippen LogP contribution in [0.4, 0.5) is 4.39 Å². The first-order valence-electron chi connectivity index (χ1n) is 10.5. The predicted octanol–water partition coefficient (Wildman–Crippen LogP) is 6.63. The van der Waals surface area contributed by atoms with Crippen LogP contribution in [0, 0.1) is 5.82 Å². The fourth-order valence-corrected chi connectivity index (χ4v) is 4.05. The summed E-state index contributed by atoms with van der Waals surface area (Å²) < 4.78 is 13.2. The molecule has 2 nitrogen and oxygen atoms in total. The molecule has 0 aliphatic heterocycles. The number of nitrogens with zero attached hydrogens (tertiary/aromatic N) is 1. The Hall–Kier alpha value is -2.65. The van der Waals surface area contributed by atoms with Gasteiger partial charge in [-0.1, -0.05) is 66.6 Å². The topological polar surface area (TPSA) is 20.3 Å². The molecule has 3 aromatic carbocycles. The van der Waals surface area contributed by atoms with Crippen LogP contribution in [-0.2, 0) is 13.0 Å². The van der Waals surface area contributed by atoms with Crippen LogP contribution >= 0.6 is 11.6 Å². The fraction of sp³-hybridized carbons (Fsp3) is 0.269. The van der Waals surface area contributed by atoms with E-state index in [0.717, 1.165) is 11.1 Å². The average Bonchev–Trinajstić information content (AvgIpc) is 2.72. The molecule has 0 aromatic heterocycles. The van der Waals surface area contributed by atoms with Crippen molar-refractivity contribution in [2.75, 3.05) is 6.54 Å². The van der Waals surface area contributed by atoms with E-state index in [0.29, 0.717) is 36.0 Å². The van der Waals surface area contributed by atoms with Gasteiger partial charge in [0.2, 0.25) is 0 Å². The maximum absolute atomic E-state index is 13.3. The van der Waals surface area contributed by atoms with Gasteiger partial charge in [-0.2, -0.15) is 0 Å². The number of hydrogen-bond donors (Lipinski definition) is 0. The number of amides is 1. The largest absolute Gasteiger partial charge is 0.334 e. The summed E-state index contributed by atoms with van der Waals surface area (Å²) in [6.07, 6.45) is 4.51. The molecule has 0 heterocycles. The lowest BCUT2D eigenvalue weighted by atomic mass is 9.80. The average molecular weight is 422 g/mol. The second-order valence-electron chi connectivity index (χ2n) is 7.95. The molecule has 0 atom stereocenters. The van der Waals surface area contributed by atoms with E-state index in [1.54, 1.807) is 24.3 Å². The molecule has 30 heavy (non-hydrogen) atoms. The Bertz CT molecular complexity index is 996. The Morgan fingerprint density at radius 1 is 0.933 bits per heavy atom. The molecule has 4 heteroatoms. The number of halogens is 2. The van der Waals surface area contributed by atoms with Crippen molar-refractivity contribution >= 4 is 17.5 Å². The molecule has 1 aliphatic rings. The van der Waals surface area contributed by atoms with Crippen LogP contribution in [0.15, 0.2) is 72.8 Å². The van der Waals surface area contributed by atoms with E-state index in [9.17, 15) is 9.18 Å². The molecule has 0 N–H and O–H groups in total. The second kappa shape index (κ2) is 9.44. The lowest BCUT2D eigenvalue weighted by Gasteiger charge is -2.27. The molecule has 0 bridgehead atoms. The number of benzene rings is 3. The molecule has 0 saturated heterocycles. The minimum Gasteiger partial charge on any atom is -0.334 e. The molecule has 1 saturated carbocycles. The summed E-state index contributed by atoms with van der Waals surface area (Å²) in [6, 6.07) is 22.2. The molecule has 1 aliphatic carbocycles. The summed E-state index contributed by atoms with van der Waals surface area (Å²) in [5, 5.41) is 0.453. The molecular weight excluding hydrogens is 397 g/mol. The highest BCUT2D eigenvalue weighted by Gasteiger charge is 2.21. The van der Waals surface area contributed by atoms with Crippen molar-refractivity contribution in [3.05, 3.63) is 106 Å². The van der Waals surface area contributed by atoms with Gasteiger partial charge in [0.05, 0.1) is 10.6 Å². The van der Waals surface area contributed by atoms with Crippen molar-refractivity contribution in [1.29, 1.82) is 0 Å². The van der Waals surface area contributed by atoms with E-state index < -0.39 is 0 Å². The quantitative estimate of drug-likeness (QED) is 0.419. The summed E-state index contributed by atoms with van der Waals surface area (Å²) in [4.78, 5) is 15.1. The minimum atomic E-state index is -0.255. The maximum Gasteiger partial charge on any atom is 0.255 e. The fourth-order valence-electron chi connectivity index (χ4n) is 3.83. The normalized spacial score (nSPS) is 13.7. The van der Waals surface area contributed by atoms with E-state index in [2.05, 4.69) is 24.3 Å². The van der Waals surface area contributed by atoms with Gasteiger partial charge < -0.3 is 4.90 Å². The first kappa shape index (κ1) is 20.6. The van der Waals surface area contributed by atoms with Crippen LogP contribution in [-0.4, -0.2) is 17.4 Å². The number of carbonyl (C=O) groups excluding carboxylic acids is 1. The van der Waals surface area contributed by atoms with Crippen molar-refractivity contribution in [3.63, 3.8) is 0 Å². The number of rotatable bonds is 7. The second-order valence-corrected chi connectivity index (χ2v) is 8.36. The standard InChI is InChI=1S/C26H25ClFNO/c27-25-7-2-1-6-24(25)26(30)29(17-16-19-10-14-23(28)15-11-19)18-20-8-12-22(13-9-20)21-4-3-5-21/h1-2,6-15,21H,3-5,16-18H2. The van der Waals surface area contributed by atoms with Gasteiger partial charge in [-0.15, -0.1) is 0 Å². The molecule has 1 fully saturated rings. The van der Waals surface area contributed by atoms with Crippen LogP contribution < -0.4 is 0 Å². The number of hydrogen-bond acceptors (Lipinski definition) is 1. The van der Waals surface area contributed by atoms with E-state index in [1.165, 1.54) is 37.0 Å². The number of carbonyl (C=O) groups is 1. The molecule has 3 aromatic rings. The lowest BCUT2D eigenvalue weighted by Crippen LogP contribution is -2.32. The molecule has 0 radical (unpaired) electrons. The van der Waals surface area contributed by atoms with Gasteiger partial charge in [0.1, 0.15) is 5.82 Å². The molecule has 0 unspecified atom stereocenters. The SMILES string of the molecule is O=C(c1ccccc1Cl)N(CCc1ccc(F)cc1)Cc1ccc(C2CCC2)cc1. The molecular formula is C26H25ClFNO. The maximum atomic E-state index is 13.3. The van der Waals surface area contributed by atoms with Gasteiger partial charge >= 0.3 is 0 Å². The summed E-state index contributed by atoms with van der Waals surface area (Å²) in [7, 11) is 0. The Morgan fingerprint density at radius 3 is 2.23 bits per heavy atom. The zero-order valence-corrected chi connectivity index (χ0v) is 17.6. The summed E-state index contributed by atoms with van der Waals surface area (Å²) in [5.74, 6) is 0.346. The van der Waals surface area contributed by atoms with Gasteiger partial charge in [-0.05, 0) is 66.1 Å². The predicted molar refractivity (Wildman–Crippen MR) is 119 cm³/mol. The van der Waals surface area contributed by atoms with Crippen molar-refractivity contribution in [2.45, 2.75) is 38.1 Å². The lowest BCUT2D eigenvalue weighted by molar-refractivity contribution is 0.0745. The molecule has 4 rings (SSSR count). The first-order valence-corrected chi connectivity index (χ1v) is 10.8.